The van der Waals surface area contributed by atoms with E-state index in [1.807, 2.05) is 0 Å². The van der Waals surface area contributed by atoms with Crippen molar-refractivity contribution in [2.24, 2.45) is 5.92 Å². The summed E-state index contributed by atoms with van der Waals surface area (Å²) in [6.45, 7) is 2.26. The molecule has 17 heavy (non-hydrogen) atoms. The Morgan fingerprint density at radius 2 is 2.12 bits per heavy atom. The van der Waals surface area contributed by atoms with E-state index in [2.05, 4.69) is 55.5 Å². The van der Waals surface area contributed by atoms with Gasteiger partial charge in [0.2, 0.25) is 0 Å². The maximum absolute atomic E-state index is 2.36. The van der Waals surface area contributed by atoms with E-state index in [0.717, 1.165) is 0 Å². The van der Waals surface area contributed by atoms with E-state index in [1.54, 1.807) is 0 Å². The fraction of sp³-hybridized carbons (Fsp3) is 0.294. The third-order valence-electron chi connectivity index (χ3n) is 3.67. The minimum Gasteiger partial charge on any atom is -0.0836 e. The molecule has 0 saturated heterocycles. The molecule has 1 unspecified atom stereocenters. The van der Waals surface area contributed by atoms with Crippen LogP contribution in [-0.2, 0) is 6.42 Å². The molecule has 0 heteroatoms. The lowest BCUT2D eigenvalue weighted by molar-refractivity contribution is 0.739. The number of allylic oxidation sites excluding steroid dienone is 5. The van der Waals surface area contributed by atoms with Gasteiger partial charge in [-0.1, -0.05) is 49.4 Å². The van der Waals surface area contributed by atoms with Crippen LogP contribution in [0.2, 0.25) is 0 Å². The van der Waals surface area contributed by atoms with E-state index in [4.69, 9.17) is 0 Å². The normalized spacial score (nSPS) is 22.2. The minimum atomic E-state index is 0.691. The fourth-order valence-electron chi connectivity index (χ4n) is 2.55. The summed E-state index contributed by atoms with van der Waals surface area (Å²) in [7, 11) is 0. The molecule has 0 N–H and O–H groups in total. The van der Waals surface area contributed by atoms with Crippen molar-refractivity contribution < 1.29 is 0 Å². The van der Waals surface area contributed by atoms with Gasteiger partial charge in [-0.15, -0.1) is 0 Å². The molecule has 0 radical (unpaired) electrons. The second kappa shape index (κ2) is 4.37. The summed E-state index contributed by atoms with van der Waals surface area (Å²) in [4.78, 5) is 0. The van der Waals surface area contributed by atoms with Crippen molar-refractivity contribution in [2.45, 2.75) is 26.2 Å². The number of fused-ring (bicyclic) bond motifs is 1. The zero-order valence-corrected chi connectivity index (χ0v) is 10.3. The van der Waals surface area contributed by atoms with Crippen molar-refractivity contribution in [3.05, 3.63) is 59.2 Å². The molecule has 0 fully saturated rings. The van der Waals surface area contributed by atoms with Crippen molar-refractivity contribution >= 4 is 11.6 Å². The van der Waals surface area contributed by atoms with Gasteiger partial charge in [0.25, 0.3) is 0 Å². The van der Waals surface area contributed by atoms with Gasteiger partial charge >= 0.3 is 0 Å². The van der Waals surface area contributed by atoms with Crippen LogP contribution in [0, 0.1) is 5.92 Å². The third-order valence-corrected chi connectivity index (χ3v) is 3.67. The van der Waals surface area contributed by atoms with Gasteiger partial charge in [0.15, 0.2) is 0 Å². The molecular weight excluding hydrogens is 204 g/mol. The summed E-state index contributed by atoms with van der Waals surface area (Å²) in [5.74, 6) is 0.691. The molecule has 0 spiro atoms. The molecule has 1 atom stereocenters. The molecule has 2 aliphatic carbocycles. The fourth-order valence-corrected chi connectivity index (χ4v) is 2.55. The summed E-state index contributed by atoms with van der Waals surface area (Å²) in [6.07, 6.45) is 15.0. The van der Waals surface area contributed by atoms with Crippen LogP contribution < -0.4 is 0 Å². The van der Waals surface area contributed by atoms with E-state index < -0.39 is 0 Å². The highest BCUT2D eigenvalue weighted by Gasteiger charge is 2.09. The highest BCUT2D eigenvalue weighted by atomic mass is 14.1. The Bertz CT molecular complexity index is 515. The zero-order chi connectivity index (χ0) is 11.7. The molecule has 0 aromatic heterocycles. The Morgan fingerprint density at radius 3 is 2.94 bits per heavy atom. The summed E-state index contributed by atoms with van der Waals surface area (Å²) in [5, 5.41) is 0. The second-order valence-corrected chi connectivity index (χ2v) is 5.09. The van der Waals surface area contributed by atoms with Gasteiger partial charge in [0.05, 0.1) is 0 Å². The smallest absolute Gasteiger partial charge is 0.0181 e. The molecule has 2 aliphatic rings. The van der Waals surface area contributed by atoms with Crippen LogP contribution in [0.3, 0.4) is 0 Å². The van der Waals surface area contributed by atoms with Gasteiger partial charge in [-0.3, -0.25) is 0 Å². The second-order valence-electron chi connectivity index (χ2n) is 5.09. The molecule has 0 amide bonds. The maximum atomic E-state index is 2.36. The Hall–Kier alpha value is -1.56. The topological polar surface area (TPSA) is 0 Å². The largest absolute Gasteiger partial charge is 0.0836 e. The first-order valence-electron chi connectivity index (χ1n) is 6.51. The first kappa shape index (κ1) is 10.6. The van der Waals surface area contributed by atoms with E-state index in [9.17, 15) is 0 Å². The molecule has 1 aromatic carbocycles. The predicted octanol–water partition coefficient (Wildman–Crippen LogP) is 4.63. The molecule has 3 rings (SSSR count). The van der Waals surface area contributed by atoms with Crippen molar-refractivity contribution in [1.29, 1.82) is 0 Å². The molecular formula is C17H18. The van der Waals surface area contributed by atoms with Gasteiger partial charge < -0.3 is 0 Å². The van der Waals surface area contributed by atoms with Crippen LogP contribution in [0.15, 0.2) is 42.5 Å². The number of benzene rings is 1. The van der Waals surface area contributed by atoms with Crippen LogP contribution >= 0.6 is 0 Å². The highest BCUT2D eigenvalue weighted by molar-refractivity contribution is 5.77. The third kappa shape index (κ3) is 2.12. The van der Waals surface area contributed by atoms with Crippen molar-refractivity contribution in [3.8, 4) is 0 Å². The first-order valence-corrected chi connectivity index (χ1v) is 6.51. The van der Waals surface area contributed by atoms with Gasteiger partial charge in [-0.05, 0) is 53.5 Å². The minimum absolute atomic E-state index is 0.691. The Balaban J connectivity index is 1.95. The summed E-state index contributed by atoms with van der Waals surface area (Å²) in [5.41, 5.74) is 5.63. The van der Waals surface area contributed by atoms with Gasteiger partial charge in [-0.25, -0.2) is 0 Å². The van der Waals surface area contributed by atoms with Crippen LogP contribution in [-0.4, -0.2) is 0 Å². The Morgan fingerprint density at radius 1 is 1.18 bits per heavy atom. The first-order chi connectivity index (χ1) is 8.33. The molecule has 0 heterocycles. The lowest BCUT2D eigenvalue weighted by atomic mass is 9.90. The highest BCUT2D eigenvalue weighted by Crippen LogP contribution is 2.27. The van der Waals surface area contributed by atoms with Crippen molar-refractivity contribution in [2.75, 3.05) is 0 Å². The van der Waals surface area contributed by atoms with E-state index >= 15 is 0 Å². The molecule has 0 nitrogen and oxygen atoms in total. The van der Waals surface area contributed by atoms with Gasteiger partial charge in [0.1, 0.15) is 0 Å². The van der Waals surface area contributed by atoms with E-state index in [-0.39, 0.29) is 0 Å². The van der Waals surface area contributed by atoms with E-state index in [1.165, 1.54) is 41.5 Å². The summed E-state index contributed by atoms with van der Waals surface area (Å²) in [6, 6.07) is 6.89. The number of hydrogen-bond acceptors (Lipinski definition) is 0. The zero-order valence-electron chi connectivity index (χ0n) is 10.3. The lowest BCUT2D eigenvalue weighted by Gasteiger charge is -2.15. The van der Waals surface area contributed by atoms with Crippen LogP contribution in [0.4, 0.5) is 0 Å². The predicted molar refractivity (Wildman–Crippen MR) is 74.7 cm³/mol. The lowest BCUT2D eigenvalue weighted by Crippen LogP contribution is -1.97. The molecule has 0 aliphatic heterocycles. The van der Waals surface area contributed by atoms with Crippen LogP contribution in [0.1, 0.15) is 36.5 Å². The number of rotatable bonds is 1. The average Bonchev–Trinajstić information content (AvgIpc) is 2.39. The molecule has 0 saturated carbocycles. The maximum Gasteiger partial charge on any atom is -0.0181 e. The van der Waals surface area contributed by atoms with Crippen molar-refractivity contribution in [3.63, 3.8) is 0 Å². The van der Waals surface area contributed by atoms with Crippen LogP contribution in [0.5, 0.6) is 0 Å². The standard InChI is InChI=1S/C17H18/c1-13-6-8-15(9-7-13)17-11-10-14-4-2-3-5-16(14)12-17/h3,5-6,8-13H,2,4,7H2,1H3. The van der Waals surface area contributed by atoms with Crippen LogP contribution in [0.25, 0.3) is 11.6 Å². The average molecular weight is 222 g/mol. The number of aryl methyl sites for hydroxylation is 1. The molecule has 0 bridgehead atoms. The van der Waals surface area contributed by atoms with E-state index in [0.29, 0.717) is 5.92 Å². The SMILES string of the molecule is CC1C=CC(c2ccc3c(c2)C=CCC3)=CC1. The Kier molecular flexibility index (Phi) is 2.72. The quantitative estimate of drug-likeness (QED) is 0.650. The Labute approximate surface area is 103 Å². The summed E-state index contributed by atoms with van der Waals surface area (Å²) < 4.78 is 0. The monoisotopic (exact) mass is 222 g/mol. The van der Waals surface area contributed by atoms with Gasteiger partial charge in [-0.2, -0.15) is 0 Å². The molecule has 1 aromatic rings. The number of hydrogen-bond donors (Lipinski definition) is 0. The molecule has 86 valence electrons. The summed E-state index contributed by atoms with van der Waals surface area (Å²) >= 11 is 0. The van der Waals surface area contributed by atoms with Gasteiger partial charge in [0, 0.05) is 0 Å². The van der Waals surface area contributed by atoms with Crippen molar-refractivity contribution in [1.82, 2.24) is 0 Å².